The van der Waals surface area contributed by atoms with Gasteiger partial charge >= 0.3 is 5.97 Å². The third kappa shape index (κ3) is 2.76. The Labute approximate surface area is 122 Å². The van der Waals surface area contributed by atoms with Crippen LogP contribution in [0, 0.1) is 0 Å². The number of ether oxygens (including phenoxy) is 4. The average molecular weight is 286 g/mol. The Morgan fingerprint density at radius 2 is 2.05 bits per heavy atom. The fraction of sp³-hybridized carbons (Fsp3) is 0.188. The number of methoxy groups -OCH3 is 1. The Hall–Kier alpha value is -2.69. The molecule has 108 valence electrons. The van der Waals surface area contributed by atoms with Crippen molar-refractivity contribution in [2.45, 2.75) is 6.61 Å². The van der Waals surface area contributed by atoms with Crippen molar-refractivity contribution in [2.75, 3.05) is 13.9 Å². The van der Waals surface area contributed by atoms with Crippen molar-refractivity contribution in [3.63, 3.8) is 0 Å². The second kappa shape index (κ2) is 5.75. The Balaban J connectivity index is 1.71. The summed E-state index contributed by atoms with van der Waals surface area (Å²) in [6.45, 7) is 0.288. The Morgan fingerprint density at radius 1 is 1.19 bits per heavy atom. The van der Waals surface area contributed by atoms with Crippen LogP contribution in [0.25, 0.3) is 0 Å². The lowest BCUT2D eigenvalue weighted by Crippen LogP contribution is -2.06. The number of hydrogen-bond donors (Lipinski definition) is 0. The van der Waals surface area contributed by atoms with E-state index in [4.69, 9.17) is 18.9 Å². The molecule has 0 N–H and O–H groups in total. The predicted octanol–water partition coefficient (Wildman–Crippen LogP) is 2.78. The van der Waals surface area contributed by atoms with E-state index in [0.717, 1.165) is 11.3 Å². The summed E-state index contributed by atoms with van der Waals surface area (Å²) < 4.78 is 21.0. The molecule has 0 unspecified atom stereocenters. The van der Waals surface area contributed by atoms with Gasteiger partial charge in [0.2, 0.25) is 6.79 Å². The number of carbonyl (C=O) groups excluding carboxylic acids is 1. The van der Waals surface area contributed by atoms with Crippen LogP contribution < -0.4 is 14.2 Å². The topological polar surface area (TPSA) is 54.0 Å². The van der Waals surface area contributed by atoms with Crippen LogP contribution in [-0.4, -0.2) is 19.9 Å². The van der Waals surface area contributed by atoms with Crippen LogP contribution in [0.2, 0.25) is 0 Å². The smallest absolute Gasteiger partial charge is 0.342 e. The highest BCUT2D eigenvalue weighted by Crippen LogP contribution is 2.35. The second-order valence-corrected chi connectivity index (χ2v) is 4.47. The maximum atomic E-state index is 12.1. The summed E-state index contributed by atoms with van der Waals surface area (Å²) in [5, 5.41) is 0. The Kier molecular flexibility index (Phi) is 3.64. The van der Waals surface area contributed by atoms with Crippen molar-refractivity contribution in [2.24, 2.45) is 0 Å². The molecule has 0 saturated carbocycles. The molecule has 5 nitrogen and oxygen atoms in total. The van der Waals surface area contributed by atoms with Gasteiger partial charge in [0.05, 0.1) is 7.11 Å². The van der Waals surface area contributed by atoms with E-state index in [2.05, 4.69) is 0 Å². The van der Waals surface area contributed by atoms with Crippen LogP contribution in [-0.2, 0) is 11.3 Å². The summed E-state index contributed by atoms with van der Waals surface area (Å²) in [6, 6.07) is 12.5. The van der Waals surface area contributed by atoms with Gasteiger partial charge in [0, 0.05) is 0 Å². The molecule has 0 fully saturated rings. The number of rotatable bonds is 4. The zero-order valence-corrected chi connectivity index (χ0v) is 11.5. The molecule has 5 heteroatoms. The lowest BCUT2D eigenvalue weighted by atomic mass is 10.2. The van der Waals surface area contributed by atoms with Gasteiger partial charge in [0.1, 0.15) is 17.9 Å². The molecule has 0 amide bonds. The van der Waals surface area contributed by atoms with Gasteiger partial charge in [0.25, 0.3) is 0 Å². The monoisotopic (exact) mass is 286 g/mol. The number of fused-ring (bicyclic) bond motifs is 1. The molecule has 1 heterocycles. The zero-order valence-electron chi connectivity index (χ0n) is 11.5. The van der Waals surface area contributed by atoms with Gasteiger partial charge in [-0.25, -0.2) is 4.79 Å². The van der Waals surface area contributed by atoms with Crippen LogP contribution in [0.5, 0.6) is 17.2 Å². The summed E-state index contributed by atoms with van der Waals surface area (Å²) >= 11 is 0. The average Bonchev–Trinajstić information content (AvgIpc) is 3.01. The van der Waals surface area contributed by atoms with Crippen molar-refractivity contribution >= 4 is 5.97 Å². The van der Waals surface area contributed by atoms with Crippen molar-refractivity contribution in [3.05, 3.63) is 53.6 Å². The third-order valence-corrected chi connectivity index (χ3v) is 3.12. The highest BCUT2D eigenvalue weighted by atomic mass is 16.7. The molecule has 0 radical (unpaired) electrons. The van der Waals surface area contributed by atoms with E-state index in [1.807, 2.05) is 24.3 Å². The van der Waals surface area contributed by atoms with E-state index in [1.54, 1.807) is 25.3 Å². The van der Waals surface area contributed by atoms with E-state index >= 15 is 0 Å². The van der Waals surface area contributed by atoms with Crippen molar-refractivity contribution in [1.29, 1.82) is 0 Å². The fourth-order valence-corrected chi connectivity index (χ4v) is 2.08. The van der Waals surface area contributed by atoms with Gasteiger partial charge in [-0.1, -0.05) is 18.2 Å². The van der Waals surface area contributed by atoms with Gasteiger partial charge in [0.15, 0.2) is 11.5 Å². The number of hydrogen-bond acceptors (Lipinski definition) is 5. The summed E-state index contributed by atoms with van der Waals surface area (Å²) in [5.41, 5.74) is 1.22. The van der Waals surface area contributed by atoms with Gasteiger partial charge in [-0.3, -0.25) is 0 Å². The number of benzene rings is 2. The first kappa shape index (κ1) is 13.3. The predicted molar refractivity (Wildman–Crippen MR) is 74.7 cm³/mol. The first-order valence-electron chi connectivity index (χ1n) is 6.46. The third-order valence-electron chi connectivity index (χ3n) is 3.12. The lowest BCUT2D eigenvalue weighted by Gasteiger charge is -2.08. The summed E-state index contributed by atoms with van der Waals surface area (Å²) in [4.78, 5) is 12.1. The Morgan fingerprint density at radius 3 is 2.90 bits per heavy atom. The molecule has 0 atom stereocenters. The second-order valence-electron chi connectivity index (χ2n) is 4.47. The first-order chi connectivity index (χ1) is 10.3. The quantitative estimate of drug-likeness (QED) is 0.809. The molecule has 3 rings (SSSR count). The minimum atomic E-state index is -0.444. The molecular weight excluding hydrogens is 272 g/mol. The molecule has 0 saturated heterocycles. The minimum absolute atomic E-state index is 0.121. The van der Waals surface area contributed by atoms with Crippen molar-refractivity contribution < 1.29 is 23.7 Å². The highest BCUT2D eigenvalue weighted by molar-refractivity contribution is 5.93. The normalized spacial score (nSPS) is 12.0. The molecule has 2 aromatic carbocycles. The molecule has 1 aliphatic heterocycles. The Bertz CT molecular complexity index is 665. The van der Waals surface area contributed by atoms with Crippen LogP contribution in [0.1, 0.15) is 15.9 Å². The fourth-order valence-electron chi connectivity index (χ4n) is 2.08. The van der Waals surface area contributed by atoms with Crippen LogP contribution in [0.3, 0.4) is 0 Å². The SMILES string of the molecule is COc1cccc(COC(=O)c2cccc3c2OCO3)c1. The summed E-state index contributed by atoms with van der Waals surface area (Å²) in [5.74, 6) is 1.28. The standard InChI is InChI=1S/C16H14O5/c1-18-12-5-2-4-11(8-12)9-19-16(17)13-6-3-7-14-15(13)21-10-20-14/h2-8H,9-10H2,1H3. The molecule has 0 aromatic heterocycles. The van der Waals surface area contributed by atoms with Crippen molar-refractivity contribution in [3.8, 4) is 17.2 Å². The van der Waals surface area contributed by atoms with E-state index in [9.17, 15) is 4.79 Å². The number of esters is 1. The minimum Gasteiger partial charge on any atom is -0.497 e. The maximum absolute atomic E-state index is 12.1. The number of para-hydroxylation sites is 1. The van der Waals surface area contributed by atoms with E-state index in [0.29, 0.717) is 17.1 Å². The molecule has 0 spiro atoms. The lowest BCUT2D eigenvalue weighted by molar-refractivity contribution is 0.0468. The summed E-state index contributed by atoms with van der Waals surface area (Å²) in [6.07, 6.45) is 0. The highest BCUT2D eigenvalue weighted by Gasteiger charge is 2.22. The molecule has 2 aromatic rings. The zero-order chi connectivity index (χ0) is 14.7. The maximum Gasteiger partial charge on any atom is 0.342 e. The van der Waals surface area contributed by atoms with E-state index in [1.165, 1.54) is 0 Å². The molecular formula is C16H14O5. The molecule has 0 aliphatic carbocycles. The molecule has 0 bridgehead atoms. The van der Waals surface area contributed by atoms with Gasteiger partial charge in [-0.05, 0) is 29.8 Å². The summed E-state index contributed by atoms with van der Waals surface area (Å²) in [7, 11) is 1.59. The van der Waals surface area contributed by atoms with E-state index in [-0.39, 0.29) is 13.4 Å². The van der Waals surface area contributed by atoms with Crippen molar-refractivity contribution in [1.82, 2.24) is 0 Å². The first-order valence-corrected chi connectivity index (χ1v) is 6.46. The number of carbonyl (C=O) groups is 1. The van der Waals surface area contributed by atoms with Gasteiger partial charge in [-0.15, -0.1) is 0 Å². The van der Waals surface area contributed by atoms with E-state index < -0.39 is 5.97 Å². The van der Waals surface area contributed by atoms with Gasteiger partial charge < -0.3 is 18.9 Å². The largest absolute Gasteiger partial charge is 0.497 e. The molecule has 1 aliphatic rings. The van der Waals surface area contributed by atoms with Crippen LogP contribution in [0.4, 0.5) is 0 Å². The van der Waals surface area contributed by atoms with Crippen LogP contribution >= 0.6 is 0 Å². The van der Waals surface area contributed by atoms with Crippen LogP contribution in [0.15, 0.2) is 42.5 Å². The molecule has 21 heavy (non-hydrogen) atoms. The van der Waals surface area contributed by atoms with Gasteiger partial charge in [-0.2, -0.15) is 0 Å².